The molecule has 0 spiro atoms. The Morgan fingerprint density at radius 3 is 2.70 bits per heavy atom. The highest BCUT2D eigenvalue weighted by Crippen LogP contribution is 2.18. The molecule has 2 heteroatoms. The average molecular weight is 262 g/mol. The van der Waals surface area contributed by atoms with E-state index in [1.165, 1.54) is 0 Å². The molecule has 1 aromatic carbocycles. The van der Waals surface area contributed by atoms with E-state index in [-0.39, 0.29) is 0 Å². The third kappa shape index (κ3) is 1.65. The van der Waals surface area contributed by atoms with Gasteiger partial charge in [-0.2, -0.15) is 0 Å². The number of terminal acetylenes is 1. The number of hydrogen-bond acceptors (Lipinski definition) is 0. The van der Waals surface area contributed by atoms with Crippen LogP contribution in [0.25, 0.3) is 0 Å². The van der Waals surface area contributed by atoms with Crippen LogP contribution in [0.2, 0.25) is 5.02 Å². The van der Waals surface area contributed by atoms with Crippen molar-refractivity contribution in [1.82, 2.24) is 0 Å². The lowest BCUT2D eigenvalue weighted by atomic mass is 10.2. The van der Waals surface area contributed by atoms with Crippen LogP contribution >= 0.6 is 34.2 Å². The summed E-state index contributed by atoms with van der Waals surface area (Å²) >= 11 is 7.91. The molecule has 0 saturated heterocycles. The van der Waals surface area contributed by atoms with Gasteiger partial charge in [-0.1, -0.05) is 17.5 Å². The molecule has 1 rings (SSSR count). The SMILES string of the molecule is C#Cc1ccc(Cl)c(I)c1. The summed E-state index contributed by atoms with van der Waals surface area (Å²) < 4.78 is 0.995. The third-order valence-corrected chi connectivity index (χ3v) is 2.63. The molecular formula is C8H4ClI. The van der Waals surface area contributed by atoms with Gasteiger partial charge in [0.2, 0.25) is 0 Å². The number of benzene rings is 1. The molecule has 0 aromatic heterocycles. The fraction of sp³-hybridized carbons (Fsp3) is 0. The van der Waals surface area contributed by atoms with E-state index in [4.69, 9.17) is 18.0 Å². The maximum atomic E-state index is 5.76. The first-order valence-corrected chi connectivity index (χ1v) is 4.11. The molecule has 0 amide bonds. The van der Waals surface area contributed by atoms with Gasteiger partial charge in [-0.15, -0.1) is 6.42 Å². The minimum absolute atomic E-state index is 0.750. The molecule has 50 valence electrons. The van der Waals surface area contributed by atoms with Crippen molar-refractivity contribution in [2.24, 2.45) is 0 Å². The van der Waals surface area contributed by atoms with E-state index < -0.39 is 0 Å². The van der Waals surface area contributed by atoms with Crippen LogP contribution < -0.4 is 0 Å². The van der Waals surface area contributed by atoms with Gasteiger partial charge in [-0.3, -0.25) is 0 Å². The zero-order valence-corrected chi connectivity index (χ0v) is 7.98. The van der Waals surface area contributed by atoms with E-state index in [2.05, 4.69) is 28.5 Å². The van der Waals surface area contributed by atoms with Gasteiger partial charge in [0.25, 0.3) is 0 Å². The van der Waals surface area contributed by atoms with Crippen molar-refractivity contribution in [3.63, 3.8) is 0 Å². The van der Waals surface area contributed by atoms with E-state index >= 15 is 0 Å². The van der Waals surface area contributed by atoms with Crippen molar-refractivity contribution >= 4 is 34.2 Å². The first kappa shape index (κ1) is 7.90. The fourth-order valence-electron chi connectivity index (χ4n) is 0.586. The van der Waals surface area contributed by atoms with Gasteiger partial charge in [0, 0.05) is 9.13 Å². The molecule has 0 nitrogen and oxygen atoms in total. The van der Waals surface area contributed by atoms with E-state index in [9.17, 15) is 0 Å². The lowest BCUT2D eigenvalue weighted by Gasteiger charge is -1.94. The van der Waals surface area contributed by atoms with Gasteiger partial charge in [0.1, 0.15) is 0 Å². The first-order valence-electron chi connectivity index (χ1n) is 2.65. The topological polar surface area (TPSA) is 0 Å². The van der Waals surface area contributed by atoms with Crippen LogP contribution in [0.15, 0.2) is 18.2 Å². The largest absolute Gasteiger partial charge is 0.115 e. The Labute approximate surface area is 78.7 Å². The van der Waals surface area contributed by atoms with E-state index in [1.807, 2.05) is 12.1 Å². The van der Waals surface area contributed by atoms with Gasteiger partial charge in [-0.25, -0.2) is 0 Å². The zero-order chi connectivity index (χ0) is 7.56. The van der Waals surface area contributed by atoms with E-state index in [0.717, 1.165) is 14.2 Å². The summed E-state index contributed by atoms with van der Waals surface area (Å²) in [5, 5.41) is 0.750. The zero-order valence-electron chi connectivity index (χ0n) is 5.07. The Kier molecular flexibility index (Phi) is 2.58. The highest BCUT2D eigenvalue weighted by molar-refractivity contribution is 14.1. The lowest BCUT2D eigenvalue weighted by molar-refractivity contribution is 1.60. The van der Waals surface area contributed by atoms with Gasteiger partial charge in [0.15, 0.2) is 0 Å². The molecule has 0 N–H and O–H groups in total. The maximum absolute atomic E-state index is 5.76. The summed E-state index contributed by atoms with van der Waals surface area (Å²) in [5.74, 6) is 2.53. The predicted molar refractivity (Wildman–Crippen MR) is 52.1 cm³/mol. The van der Waals surface area contributed by atoms with Crippen molar-refractivity contribution in [3.05, 3.63) is 32.4 Å². The van der Waals surface area contributed by atoms with E-state index in [1.54, 1.807) is 6.07 Å². The van der Waals surface area contributed by atoms with Crippen LogP contribution in [0.3, 0.4) is 0 Å². The number of hydrogen-bond donors (Lipinski definition) is 0. The predicted octanol–water partition coefficient (Wildman–Crippen LogP) is 2.93. The van der Waals surface area contributed by atoms with Crippen LogP contribution in [-0.2, 0) is 0 Å². The molecular weight excluding hydrogens is 258 g/mol. The molecule has 0 bridgehead atoms. The number of rotatable bonds is 0. The molecule has 10 heavy (non-hydrogen) atoms. The lowest BCUT2D eigenvalue weighted by Crippen LogP contribution is -1.76. The molecule has 0 unspecified atom stereocenters. The molecule has 1 aromatic rings. The Balaban J connectivity index is 3.20. The van der Waals surface area contributed by atoms with Crippen molar-refractivity contribution in [2.75, 3.05) is 0 Å². The fourth-order valence-corrected chi connectivity index (χ4v) is 1.22. The van der Waals surface area contributed by atoms with Crippen molar-refractivity contribution in [1.29, 1.82) is 0 Å². The quantitative estimate of drug-likeness (QED) is 0.498. The normalized spacial score (nSPS) is 8.90. The van der Waals surface area contributed by atoms with Crippen molar-refractivity contribution in [3.8, 4) is 12.3 Å². The summed E-state index contributed by atoms with van der Waals surface area (Å²) in [6.45, 7) is 0. The molecule has 0 atom stereocenters. The highest BCUT2D eigenvalue weighted by Gasteiger charge is 1.94. The third-order valence-electron chi connectivity index (χ3n) is 1.09. The van der Waals surface area contributed by atoms with Crippen LogP contribution in [-0.4, -0.2) is 0 Å². The summed E-state index contributed by atoms with van der Waals surface area (Å²) in [6.07, 6.45) is 5.17. The van der Waals surface area contributed by atoms with Crippen LogP contribution in [0.4, 0.5) is 0 Å². The second-order valence-corrected chi connectivity index (χ2v) is 3.34. The van der Waals surface area contributed by atoms with Crippen LogP contribution in [0.5, 0.6) is 0 Å². The van der Waals surface area contributed by atoms with Crippen LogP contribution in [0.1, 0.15) is 5.56 Å². The minimum Gasteiger partial charge on any atom is -0.115 e. The standard InChI is InChI=1S/C8H4ClI/c1-2-6-3-4-7(9)8(10)5-6/h1,3-5H. The monoisotopic (exact) mass is 262 g/mol. The van der Waals surface area contributed by atoms with Gasteiger partial charge >= 0.3 is 0 Å². The smallest absolute Gasteiger partial charge is 0.0540 e. The second kappa shape index (κ2) is 3.27. The Hall–Kier alpha value is -0.200. The number of halogens is 2. The highest BCUT2D eigenvalue weighted by atomic mass is 127. The Morgan fingerprint density at radius 1 is 1.50 bits per heavy atom. The summed E-state index contributed by atoms with van der Waals surface area (Å²) in [5.41, 5.74) is 0.869. The molecule has 0 aliphatic carbocycles. The van der Waals surface area contributed by atoms with E-state index in [0.29, 0.717) is 0 Å². The van der Waals surface area contributed by atoms with Gasteiger partial charge in [0.05, 0.1) is 5.02 Å². The average Bonchev–Trinajstić information content (AvgIpc) is 1.95. The molecule has 0 saturated carbocycles. The summed E-state index contributed by atoms with van der Waals surface area (Å²) in [4.78, 5) is 0. The minimum atomic E-state index is 0.750. The summed E-state index contributed by atoms with van der Waals surface area (Å²) in [7, 11) is 0. The van der Waals surface area contributed by atoms with Crippen LogP contribution in [0, 0.1) is 15.9 Å². The molecule has 0 heterocycles. The van der Waals surface area contributed by atoms with Gasteiger partial charge < -0.3 is 0 Å². The maximum Gasteiger partial charge on any atom is 0.0540 e. The Morgan fingerprint density at radius 2 is 2.20 bits per heavy atom. The Bertz CT molecular complexity index is 286. The molecule has 0 fully saturated rings. The molecule has 0 aliphatic rings. The van der Waals surface area contributed by atoms with Crippen molar-refractivity contribution < 1.29 is 0 Å². The first-order chi connectivity index (χ1) is 4.74. The molecule has 0 aliphatic heterocycles. The molecule has 0 radical (unpaired) electrons. The summed E-state index contributed by atoms with van der Waals surface area (Å²) in [6, 6.07) is 5.51. The van der Waals surface area contributed by atoms with Gasteiger partial charge in [-0.05, 0) is 40.8 Å². The van der Waals surface area contributed by atoms with Crippen molar-refractivity contribution in [2.45, 2.75) is 0 Å². The second-order valence-electron chi connectivity index (χ2n) is 1.77.